The summed E-state index contributed by atoms with van der Waals surface area (Å²) in [5.41, 5.74) is 1.79. The van der Waals surface area contributed by atoms with Crippen LogP contribution in [-0.4, -0.2) is 12.1 Å². The highest BCUT2D eigenvalue weighted by Crippen LogP contribution is 2.71. The van der Waals surface area contributed by atoms with Crippen molar-refractivity contribution in [1.29, 1.82) is 0 Å². The van der Waals surface area contributed by atoms with Gasteiger partial charge >= 0.3 is 12.1 Å². The fraction of sp³-hybridized carbons (Fsp3) is 0.0417. The molecule has 1 aromatic heterocycles. The van der Waals surface area contributed by atoms with Crippen LogP contribution in [0.25, 0.3) is 11.1 Å². The van der Waals surface area contributed by atoms with Crippen LogP contribution in [0.1, 0.15) is 0 Å². The summed E-state index contributed by atoms with van der Waals surface area (Å²) in [6.45, 7) is 0. The molecule has 31 heavy (non-hydrogen) atoms. The van der Waals surface area contributed by atoms with E-state index in [0.717, 1.165) is 11.1 Å². The predicted molar refractivity (Wildman–Crippen MR) is 117 cm³/mol. The number of carbonyl (C=O) groups is 1. The van der Waals surface area contributed by atoms with Crippen molar-refractivity contribution >= 4 is 27.6 Å². The number of hydrogen-bond donors (Lipinski definition) is 0. The van der Waals surface area contributed by atoms with E-state index in [1.54, 1.807) is 60.7 Å². The average molecular weight is 459 g/mol. The minimum atomic E-state index is -5.11. The Hall–Kier alpha value is -3.03. The predicted octanol–water partition coefficient (Wildman–Crippen LogP) is 7.72. The van der Waals surface area contributed by atoms with E-state index in [9.17, 15) is 18.0 Å². The molecular formula is C24H17F3O2S2. The first-order valence-electron chi connectivity index (χ1n) is 9.29. The van der Waals surface area contributed by atoms with Gasteiger partial charge in [0.15, 0.2) is 0 Å². The smallest absolute Gasteiger partial charge is 0.394 e. The van der Waals surface area contributed by atoms with E-state index in [0.29, 0.717) is 14.0 Å². The summed E-state index contributed by atoms with van der Waals surface area (Å²) in [5, 5.41) is 1.87. The second kappa shape index (κ2) is 8.61. The van der Waals surface area contributed by atoms with Crippen LogP contribution in [-0.2, 0) is 8.98 Å². The van der Waals surface area contributed by atoms with E-state index in [2.05, 4.69) is 0 Å². The zero-order valence-electron chi connectivity index (χ0n) is 16.1. The highest BCUT2D eigenvalue weighted by Gasteiger charge is 2.47. The lowest BCUT2D eigenvalue weighted by Gasteiger charge is -2.38. The normalized spacial score (nSPS) is 12.4. The molecule has 0 saturated heterocycles. The number of halogens is 3. The van der Waals surface area contributed by atoms with Crippen LogP contribution >= 0.6 is 21.6 Å². The molecule has 0 amide bonds. The molecule has 0 aliphatic carbocycles. The van der Waals surface area contributed by atoms with E-state index in [-0.39, 0.29) is 0 Å². The minimum Gasteiger partial charge on any atom is -0.394 e. The third kappa shape index (κ3) is 4.24. The summed E-state index contributed by atoms with van der Waals surface area (Å²) < 4.78 is 46.0. The monoisotopic (exact) mass is 458 g/mol. The third-order valence-electron chi connectivity index (χ3n) is 4.55. The topological polar surface area (TPSA) is 26.3 Å². The summed E-state index contributed by atoms with van der Waals surface area (Å²) in [6.07, 6.45) is -5.11. The van der Waals surface area contributed by atoms with Crippen LogP contribution in [0.2, 0.25) is 0 Å². The van der Waals surface area contributed by atoms with Crippen molar-refractivity contribution in [1.82, 2.24) is 0 Å². The van der Waals surface area contributed by atoms with E-state index >= 15 is 0 Å². The number of hydrogen-bond acceptors (Lipinski definition) is 3. The van der Waals surface area contributed by atoms with Gasteiger partial charge in [0, 0.05) is 20.1 Å². The van der Waals surface area contributed by atoms with E-state index < -0.39 is 22.5 Å². The summed E-state index contributed by atoms with van der Waals surface area (Å²) >= 11 is 1.29. The van der Waals surface area contributed by atoms with Gasteiger partial charge in [-0.2, -0.15) is 13.2 Å². The summed E-state index contributed by atoms with van der Waals surface area (Å²) in [7, 11) is -2.95. The van der Waals surface area contributed by atoms with Gasteiger partial charge in [-0.1, -0.05) is 66.7 Å². The lowest BCUT2D eigenvalue weighted by atomic mass is 10.1. The Morgan fingerprint density at radius 2 is 1.23 bits per heavy atom. The number of carbonyl (C=O) groups excluding carboxylic acids is 1. The lowest BCUT2D eigenvalue weighted by Crippen LogP contribution is -2.27. The fourth-order valence-corrected chi connectivity index (χ4v) is 7.85. The molecule has 0 aliphatic heterocycles. The van der Waals surface area contributed by atoms with Gasteiger partial charge < -0.3 is 4.18 Å². The van der Waals surface area contributed by atoms with Gasteiger partial charge in [0.2, 0.25) is 0 Å². The molecule has 0 bridgehead atoms. The van der Waals surface area contributed by atoms with Crippen molar-refractivity contribution in [3.8, 4) is 11.1 Å². The van der Waals surface area contributed by atoms with Crippen LogP contribution in [0.3, 0.4) is 0 Å². The van der Waals surface area contributed by atoms with Crippen molar-refractivity contribution in [2.24, 2.45) is 0 Å². The van der Waals surface area contributed by atoms with Gasteiger partial charge in [-0.3, -0.25) is 0 Å². The molecule has 7 heteroatoms. The molecule has 0 fully saturated rings. The quantitative estimate of drug-likeness (QED) is 0.306. The first-order chi connectivity index (χ1) is 14.9. The maximum atomic E-state index is 13.3. The zero-order chi connectivity index (χ0) is 21.9. The van der Waals surface area contributed by atoms with Gasteiger partial charge in [-0.25, -0.2) is 4.79 Å². The lowest BCUT2D eigenvalue weighted by molar-refractivity contribution is -0.188. The standard InChI is InChI=1S/C24H17F3O2S2/c25-24(26,27)23(28)29-31(20-12-6-2-7-13-20,21-14-8-3-9-15-21)22-16-19(17-30-22)18-10-4-1-5-11-18/h1-17H. The van der Waals surface area contributed by atoms with Crippen LogP contribution < -0.4 is 0 Å². The molecule has 2 nitrogen and oxygen atoms in total. The fourth-order valence-electron chi connectivity index (χ4n) is 3.14. The van der Waals surface area contributed by atoms with Crippen molar-refractivity contribution in [2.45, 2.75) is 20.2 Å². The molecule has 3 aromatic carbocycles. The number of thiophene rings is 1. The van der Waals surface area contributed by atoms with Crippen LogP contribution in [0.15, 0.2) is 116 Å². The highest BCUT2D eigenvalue weighted by atomic mass is 32.3. The second-order valence-electron chi connectivity index (χ2n) is 6.57. The molecule has 1 heterocycles. The van der Waals surface area contributed by atoms with E-state index in [4.69, 9.17) is 4.18 Å². The molecule has 0 N–H and O–H groups in total. The molecule has 0 saturated carbocycles. The van der Waals surface area contributed by atoms with Gasteiger partial charge in [0.25, 0.3) is 0 Å². The van der Waals surface area contributed by atoms with Crippen molar-refractivity contribution in [2.75, 3.05) is 0 Å². The van der Waals surface area contributed by atoms with Gasteiger partial charge in [0.05, 0.1) is 4.21 Å². The molecule has 0 atom stereocenters. The summed E-state index contributed by atoms with van der Waals surface area (Å²) in [6, 6.07) is 28.6. The Morgan fingerprint density at radius 3 is 1.71 bits per heavy atom. The van der Waals surface area contributed by atoms with Crippen LogP contribution in [0.5, 0.6) is 0 Å². The largest absolute Gasteiger partial charge is 0.491 e. The molecule has 0 spiro atoms. The van der Waals surface area contributed by atoms with Crippen LogP contribution in [0.4, 0.5) is 13.2 Å². The summed E-state index contributed by atoms with van der Waals surface area (Å²) in [5.74, 6) is -2.20. The Balaban J connectivity index is 1.96. The van der Waals surface area contributed by atoms with Crippen molar-refractivity contribution in [3.05, 3.63) is 102 Å². The first-order valence-corrected chi connectivity index (χ1v) is 11.7. The Morgan fingerprint density at radius 1 is 0.742 bits per heavy atom. The van der Waals surface area contributed by atoms with Gasteiger partial charge in [-0.05, 0) is 46.8 Å². The molecule has 0 aliphatic rings. The van der Waals surface area contributed by atoms with Crippen molar-refractivity contribution < 1.29 is 22.1 Å². The van der Waals surface area contributed by atoms with Crippen molar-refractivity contribution in [3.63, 3.8) is 0 Å². The average Bonchev–Trinajstić information content (AvgIpc) is 3.29. The molecular weight excluding hydrogens is 441 g/mol. The molecule has 158 valence electrons. The number of benzene rings is 3. The molecule has 4 aromatic rings. The number of alkyl halides is 3. The van der Waals surface area contributed by atoms with E-state index in [1.165, 1.54) is 11.3 Å². The van der Waals surface area contributed by atoms with Crippen LogP contribution in [0, 0.1) is 0 Å². The molecule has 0 unspecified atom stereocenters. The van der Waals surface area contributed by atoms with Gasteiger partial charge in [0.1, 0.15) is 0 Å². The Labute approximate surface area is 183 Å². The minimum absolute atomic E-state index is 0.514. The molecule has 4 rings (SSSR count). The SMILES string of the molecule is O=C(OS(c1ccccc1)(c1ccccc1)c1cc(-c2ccccc2)cs1)C(F)(F)F. The zero-order valence-corrected chi connectivity index (χ0v) is 17.7. The van der Waals surface area contributed by atoms with Gasteiger partial charge in [-0.15, -0.1) is 11.3 Å². The Bertz CT molecular complexity index is 1120. The Kier molecular flexibility index (Phi) is 5.89. The highest BCUT2D eigenvalue weighted by molar-refractivity contribution is 8.31. The van der Waals surface area contributed by atoms with E-state index in [1.807, 2.05) is 41.8 Å². The third-order valence-corrected chi connectivity index (χ3v) is 9.22. The number of rotatable bonds is 5. The molecule has 0 radical (unpaired) electrons. The summed E-state index contributed by atoms with van der Waals surface area (Å²) in [4.78, 5) is 13.2. The first kappa shape index (κ1) is 21.2. The second-order valence-corrected chi connectivity index (χ2v) is 10.4. The maximum absolute atomic E-state index is 13.3. The maximum Gasteiger partial charge on any atom is 0.491 e.